The molecule has 2 amide bonds. The number of rotatable bonds is 4. The summed E-state index contributed by atoms with van der Waals surface area (Å²) in [6.07, 6.45) is -4.08. The first-order valence-electron chi connectivity index (χ1n) is 9.67. The molecule has 0 fully saturated rings. The molecular formula is C22H18F3N3O3S. The smallest absolute Gasteiger partial charge is 0.406 e. The van der Waals surface area contributed by atoms with Crippen LogP contribution in [0, 0.1) is 6.92 Å². The number of thiazole rings is 1. The molecule has 4 rings (SSSR count). The average Bonchev–Trinajstić information content (AvgIpc) is 3.29. The number of fused-ring (bicyclic) bond motifs is 1. The number of carbonyl (C=O) groups excluding carboxylic acids is 2. The number of carbonyl (C=O) groups is 2. The number of anilines is 2. The molecule has 166 valence electrons. The first-order chi connectivity index (χ1) is 15.1. The number of hydrogen-bond acceptors (Lipinski definition) is 5. The maximum atomic E-state index is 12.5. The zero-order valence-electron chi connectivity index (χ0n) is 17.1. The lowest BCUT2D eigenvalue weighted by molar-refractivity contribution is -0.274. The fraction of sp³-hybridized carbons (Fsp3) is 0.227. The van der Waals surface area contributed by atoms with E-state index in [1.54, 1.807) is 4.90 Å². The minimum atomic E-state index is -4.84. The summed E-state index contributed by atoms with van der Waals surface area (Å²) in [6.45, 7) is 4.05. The van der Waals surface area contributed by atoms with Gasteiger partial charge >= 0.3 is 6.36 Å². The Bertz CT molecular complexity index is 1210. The standard InChI is InChI=1S/C22H18F3N3O3S/c1-12-19(15-6-7-18-14(10-15)8-9-28(18)13(2)29)26-21(32-12)27-20(30)16-4-3-5-17(11-16)31-22(23,24)25/h3-7,10-11H,8-9H2,1-2H3,(H,26,27,30). The molecule has 2 heterocycles. The second-order valence-electron chi connectivity index (χ2n) is 7.22. The molecule has 32 heavy (non-hydrogen) atoms. The number of aryl methyl sites for hydroxylation is 1. The Morgan fingerprint density at radius 2 is 1.97 bits per heavy atom. The average molecular weight is 461 g/mol. The Hall–Kier alpha value is -3.40. The van der Waals surface area contributed by atoms with Crippen molar-refractivity contribution in [2.24, 2.45) is 0 Å². The first kappa shape index (κ1) is 21.8. The maximum Gasteiger partial charge on any atom is 0.573 e. The van der Waals surface area contributed by atoms with Crippen molar-refractivity contribution in [2.45, 2.75) is 26.6 Å². The van der Waals surface area contributed by atoms with Crippen LogP contribution < -0.4 is 15.0 Å². The van der Waals surface area contributed by atoms with Gasteiger partial charge < -0.3 is 9.64 Å². The molecule has 0 radical (unpaired) electrons. The molecule has 0 spiro atoms. The van der Waals surface area contributed by atoms with Crippen LogP contribution in [0.25, 0.3) is 11.3 Å². The van der Waals surface area contributed by atoms with Gasteiger partial charge in [0.2, 0.25) is 5.91 Å². The highest BCUT2D eigenvalue weighted by Gasteiger charge is 2.31. The van der Waals surface area contributed by atoms with E-state index in [1.807, 2.05) is 25.1 Å². The number of aromatic nitrogens is 1. The fourth-order valence-corrected chi connectivity index (χ4v) is 4.43. The third kappa shape index (κ3) is 4.59. The van der Waals surface area contributed by atoms with Crippen LogP contribution in [-0.2, 0) is 11.2 Å². The fourth-order valence-electron chi connectivity index (χ4n) is 3.60. The molecule has 3 aromatic rings. The van der Waals surface area contributed by atoms with Crippen LogP contribution in [0.1, 0.15) is 27.7 Å². The zero-order valence-corrected chi connectivity index (χ0v) is 17.9. The van der Waals surface area contributed by atoms with E-state index in [-0.39, 0.29) is 11.5 Å². The lowest BCUT2D eigenvalue weighted by Crippen LogP contribution is -2.25. The van der Waals surface area contributed by atoms with Crippen molar-refractivity contribution in [2.75, 3.05) is 16.8 Å². The van der Waals surface area contributed by atoms with E-state index in [1.165, 1.54) is 30.4 Å². The second-order valence-corrected chi connectivity index (χ2v) is 8.42. The number of amides is 2. The van der Waals surface area contributed by atoms with Crippen molar-refractivity contribution < 1.29 is 27.5 Å². The molecule has 1 aliphatic rings. The van der Waals surface area contributed by atoms with Gasteiger partial charge in [0.1, 0.15) is 5.75 Å². The SMILES string of the molecule is CC(=O)N1CCc2cc(-c3nc(NC(=O)c4cccc(OC(F)(F)F)c4)sc3C)ccc21. The number of hydrogen-bond donors (Lipinski definition) is 1. The zero-order chi connectivity index (χ0) is 23.0. The highest BCUT2D eigenvalue weighted by atomic mass is 32.1. The third-order valence-electron chi connectivity index (χ3n) is 4.98. The summed E-state index contributed by atoms with van der Waals surface area (Å²) < 4.78 is 41.1. The monoisotopic (exact) mass is 461 g/mol. The van der Waals surface area contributed by atoms with Crippen LogP contribution >= 0.6 is 11.3 Å². The summed E-state index contributed by atoms with van der Waals surface area (Å²) in [6, 6.07) is 10.6. The maximum absolute atomic E-state index is 12.5. The largest absolute Gasteiger partial charge is 0.573 e. The van der Waals surface area contributed by atoms with E-state index in [2.05, 4.69) is 15.0 Å². The summed E-state index contributed by atoms with van der Waals surface area (Å²) >= 11 is 1.27. The predicted molar refractivity (Wildman–Crippen MR) is 115 cm³/mol. The van der Waals surface area contributed by atoms with Crippen molar-refractivity contribution in [1.82, 2.24) is 4.98 Å². The van der Waals surface area contributed by atoms with E-state index in [4.69, 9.17) is 0 Å². The van der Waals surface area contributed by atoms with Gasteiger partial charge in [0, 0.05) is 35.2 Å². The molecular weight excluding hydrogens is 443 g/mol. The predicted octanol–water partition coefficient (Wildman–Crippen LogP) is 5.18. The lowest BCUT2D eigenvalue weighted by Gasteiger charge is -2.14. The molecule has 0 atom stereocenters. The summed E-state index contributed by atoms with van der Waals surface area (Å²) in [7, 11) is 0. The molecule has 1 aliphatic heterocycles. The quantitative estimate of drug-likeness (QED) is 0.581. The number of nitrogens with one attached hydrogen (secondary N) is 1. The van der Waals surface area contributed by atoms with E-state index in [0.717, 1.165) is 40.2 Å². The Morgan fingerprint density at radius 1 is 1.19 bits per heavy atom. The molecule has 0 unspecified atom stereocenters. The van der Waals surface area contributed by atoms with Crippen molar-refractivity contribution >= 4 is 34.0 Å². The Balaban J connectivity index is 1.53. The van der Waals surface area contributed by atoms with Crippen molar-refractivity contribution in [3.05, 3.63) is 58.5 Å². The van der Waals surface area contributed by atoms with Crippen LogP contribution in [-0.4, -0.2) is 29.7 Å². The van der Waals surface area contributed by atoms with Gasteiger partial charge in [0.05, 0.1) is 5.69 Å². The van der Waals surface area contributed by atoms with Crippen LogP contribution in [0.5, 0.6) is 5.75 Å². The molecule has 0 saturated heterocycles. The molecule has 0 bridgehead atoms. The van der Waals surface area contributed by atoms with Gasteiger partial charge in [-0.1, -0.05) is 12.1 Å². The molecule has 2 aromatic carbocycles. The number of halogens is 3. The van der Waals surface area contributed by atoms with Gasteiger partial charge in [-0.2, -0.15) is 0 Å². The van der Waals surface area contributed by atoms with Gasteiger partial charge in [-0.3, -0.25) is 14.9 Å². The Labute approximate surface area is 185 Å². The summed E-state index contributed by atoms with van der Waals surface area (Å²) in [5, 5.41) is 2.96. The van der Waals surface area contributed by atoms with Crippen LogP contribution in [0.15, 0.2) is 42.5 Å². The number of ether oxygens (including phenoxy) is 1. The van der Waals surface area contributed by atoms with Crippen LogP contribution in [0.3, 0.4) is 0 Å². The van der Waals surface area contributed by atoms with Gasteiger partial charge in [0.25, 0.3) is 5.91 Å². The van der Waals surface area contributed by atoms with Crippen molar-refractivity contribution in [1.29, 1.82) is 0 Å². The van der Waals surface area contributed by atoms with Gasteiger partial charge in [0.15, 0.2) is 5.13 Å². The van der Waals surface area contributed by atoms with E-state index in [9.17, 15) is 22.8 Å². The van der Waals surface area contributed by atoms with Crippen LogP contribution in [0.2, 0.25) is 0 Å². The lowest BCUT2D eigenvalue weighted by atomic mass is 10.1. The number of alkyl halides is 3. The normalized spacial score (nSPS) is 13.1. The van der Waals surface area contributed by atoms with E-state index in [0.29, 0.717) is 17.4 Å². The second kappa shape index (κ2) is 8.27. The number of benzene rings is 2. The summed E-state index contributed by atoms with van der Waals surface area (Å²) in [5.74, 6) is -1.07. The van der Waals surface area contributed by atoms with Gasteiger partial charge in [-0.25, -0.2) is 4.98 Å². The van der Waals surface area contributed by atoms with Crippen molar-refractivity contribution in [3.63, 3.8) is 0 Å². The molecule has 6 nitrogen and oxygen atoms in total. The molecule has 1 N–H and O–H groups in total. The van der Waals surface area contributed by atoms with E-state index >= 15 is 0 Å². The minimum absolute atomic E-state index is 0.00367. The highest BCUT2D eigenvalue weighted by molar-refractivity contribution is 7.16. The minimum Gasteiger partial charge on any atom is -0.406 e. The van der Waals surface area contributed by atoms with E-state index < -0.39 is 18.0 Å². The summed E-state index contributed by atoms with van der Waals surface area (Å²) in [4.78, 5) is 31.4. The topological polar surface area (TPSA) is 71.5 Å². The highest BCUT2D eigenvalue weighted by Crippen LogP contribution is 2.36. The van der Waals surface area contributed by atoms with Gasteiger partial charge in [-0.05, 0) is 49.2 Å². The molecule has 10 heteroatoms. The number of nitrogens with zero attached hydrogens (tertiary/aromatic N) is 2. The molecule has 0 saturated carbocycles. The Morgan fingerprint density at radius 3 is 2.69 bits per heavy atom. The third-order valence-corrected chi connectivity index (χ3v) is 5.86. The first-order valence-corrected chi connectivity index (χ1v) is 10.5. The molecule has 1 aromatic heterocycles. The Kier molecular flexibility index (Phi) is 5.64. The van der Waals surface area contributed by atoms with Gasteiger partial charge in [-0.15, -0.1) is 24.5 Å². The summed E-state index contributed by atoms with van der Waals surface area (Å²) in [5.41, 5.74) is 3.52. The molecule has 0 aliphatic carbocycles. The van der Waals surface area contributed by atoms with Crippen LogP contribution in [0.4, 0.5) is 24.0 Å². The van der Waals surface area contributed by atoms with Crippen molar-refractivity contribution in [3.8, 4) is 17.0 Å².